The molecule has 3 heterocycles. The van der Waals surface area contributed by atoms with Crippen molar-refractivity contribution in [3.05, 3.63) is 71.1 Å². The first-order chi connectivity index (χ1) is 13.2. The maximum absolute atomic E-state index is 12.5. The number of nitrogens with one attached hydrogen (secondary N) is 1. The summed E-state index contributed by atoms with van der Waals surface area (Å²) in [4.78, 5) is 32.9. The summed E-state index contributed by atoms with van der Waals surface area (Å²) in [5.74, 6) is 0.473. The molecule has 9 nitrogen and oxygen atoms in total. The lowest BCUT2D eigenvalue weighted by Crippen LogP contribution is -2.21. The van der Waals surface area contributed by atoms with E-state index in [1.807, 2.05) is 0 Å². The van der Waals surface area contributed by atoms with E-state index < -0.39 is 11.5 Å². The monoisotopic (exact) mass is 363 g/mol. The smallest absolute Gasteiger partial charge is 0.349 e. The minimum absolute atomic E-state index is 0.144. The number of methoxy groups -OCH3 is 1. The summed E-state index contributed by atoms with van der Waals surface area (Å²) in [6.07, 6.45) is 4.61. The summed E-state index contributed by atoms with van der Waals surface area (Å²) in [7, 11) is 1.47. The molecule has 0 aliphatic carbocycles. The third-order valence-electron chi connectivity index (χ3n) is 3.82. The van der Waals surface area contributed by atoms with Crippen LogP contribution in [0.2, 0.25) is 0 Å². The highest BCUT2D eigenvalue weighted by Gasteiger charge is 2.16. The van der Waals surface area contributed by atoms with Gasteiger partial charge in [0.25, 0.3) is 5.91 Å². The maximum Gasteiger partial charge on any atom is 0.349 e. The zero-order chi connectivity index (χ0) is 18.8. The number of aromatic nitrogens is 4. The Labute approximate surface area is 152 Å². The third-order valence-corrected chi connectivity index (χ3v) is 3.82. The Morgan fingerprint density at radius 2 is 2.11 bits per heavy atom. The van der Waals surface area contributed by atoms with Crippen molar-refractivity contribution in [2.24, 2.45) is 0 Å². The summed E-state index contributed by atoms with van der Waals surface area (Å²) in [6.45, 7) is 0. The van der Waals surface area contributed by atoms with Crippen LogP contribution in [0.25, 0.3) is 16.8 Å². The molecule has 4 rings (SSSR count). The molecule has 0 atom stereocenters. The lowest BCUT2D eigenvalue weighted by molar-refractivity contribution is 0.102. The molecule has 1 amide bonds. The Morgan fingerprint density at radius 1 is 1.22 bits per heavy atom. The molecule has 0 fully saturated rings. The van der Waals surface area contributed by atoms with Crippen LogP contribution >= 0.6 is 0 Å². The van der Waals surface area contributed by atoms with Crippen LogP contribution < -0.4 is 15.7 Å². The second-order valence-electron chi connectivity index (χ2n) is 5.49. The van der Waals surface area contributed by atoms with Crippen LogP contribution in [-0.4, -0.2) is 32.8 Å². The van der Waals surface area contributed by atoms with Crippen molar-refractivity contribution in [3.8, 4) is 11.6 Å². The molecule has 0 saturated carbocycles. The van der Waals surface area contributed by atoms with Crippen LogP contribution in [0, 0.1) is 0 Å². The lowest BCUT2D eigenvalue weighted by Gasteiger charge is -2.07. The first-order valence-electron chi connectivity index (χ1n) is 7.90. The highest BCUT2D eigenvalue weighted by molar-refractivity contribution is 6.05. The van der Waals surface area contributed by atoms with Gasteiger partial charge in [0.15, 0.2) is 17.2 Å². The van der Waals surface area contributed by atoms with Crippen molar-refractivity contribution in [1.82, 2.24) is 19.7 Å². The fraction of sp³-hybridized carbons (Fsp3) is 0.0556. The van der Waals surface area contributed by atoms with Crippen LogP contribution in [0.15, 0.2) is 64.3 Å². The number of amides is 1. The van der Waals surface area contributed by atoms with Gasteiger partial charge in [-0.05, 0) is 18.2 Å². The van der Waals surface area contributed by atoms with E-state index in [0.717, 1.165) is 0 Å². The molecule has 0 spiro atoms. The number of ether oxygens (including phenoxy) is 1. The Hall–Kier alpha value is -4.01. The number of para-hydroxylation sites is 1. The maximum atomic E-state index is 12.5. The Kier molecular flexibility index (Phi) is 4.09. The molecule has 3 aromatic heterocycles. The SMILES string of the molecule is COc1cccc2cc(C(=O)Nc3cc(-n4cccn4)ncn3)c(=O)oc12. The van der Waals surface area contributed by atoms with Crippen LogP contribution in [-0.2, 0) is 0 Å². The number of benzene rings is 1. The molecule has 1 aromatic carbocycles. The molecular formula is C18H13N5O4. The highest BCUT2D eigenvalue weighted by atomic mass is 16.5. The predicted molar refractivity (Wildman–Crippen MR) is 96.1 cm³/mol. The van der Waals surface area contributed by atoms with Gasteiger partial charge in [0.1, 0.15) is 17.7 Å². The van der Waals surface area contributed by atoms with E-state index in [2.05, 4.69) is 20.4 Å². The van der Waals surface area contributed by atoms with Crippen molar-refractivity contribution in [1.29, 1.82) is 0 Å². The number of carbonyl (C=O) groups is 1. The molecule has 0 aliphatic rings. The number of hydrogen-bond donors (Lipinski definition) is 1. The van der Waals surface area contributed by atoms with E-state index in [9.17, 15) is 9.59 Å². The van der Waals surface area contributed by atoms with Gasteiger partial charge in [0.2, 0.25) is 0 Å². The molecule has 0 saturated heterocycles. The molecule has 0 unspecified atom stereocenters. The minimum atomic E-state index is -0.772. The molecule has 0 aliphatic heterocycles. The molecular weight excluding hydrogens is 350 g/mol. The van der Waals surface area contributed by atoms with Crippen LogP contribution in [0.3, 0.4) is 0 Å². The van der Waals surface area contributed by atoms with Gasteiger partial charge in [-0.3, -0.25) is 4.79 Å². The van der Waals surface area contributed by atoms with E-state index in [0.29, 0.717) is 17.0 Å². The second kappa shape index (κ2) is 6.71. The van der Waals surface area contributed by atoms with E-state index in [4.69, 9.17) is 9.15 Å². The number of anilines is 1. The van der Waals surface area contributed by atoms with Crippen molar-refractivity contribution in [2.75, 3.05) is 12.4 Å². The predicted octanol–water partition coefficient (Wildman–Crippen LogP) is 2.03. The summed E-state index contributed by atoms with van der Waals surface area (Å²) in [5, 5.41) is 7.21. The topological polar surface area (TPSA) is 112 Å². The van der Waals surface area contributed by atoms with Gasteiger partial charge in [-0.15, -0.1) is 0 Å². The molecule has 0 bridgehead atoms. The van der Waals surface area contributed by atoms with E-state index in [1.165, 1.54) is 30.3 Å². The lowest BCUT2D eigenvalue weighted by atomic mass is 10.1. The summed E-state index contributed by atoms with van der Waals surface area (Å²) in [5.41, 5.74) is -0.634. The average Bonchev–Trinajstić information content (AvgIpc) is 3.22. The molecule has 134 valence electrons. The number of rotatable bonds is 4. The van der Waals surface area contributed by atoms with Crippen molar-refractivity contribution < 1.29 is 13.9 Å². The van der Waals surface area contributed by atoms with E-state index in [-0.39, 0.29) is 17.0 Å². The Morgan fingerprint density at radius 3 is 2.89 bits per heavy atom. The number of nitrogens with zero attached hydrogens (tertiary/aromatic N) is 4. The van der Waals surface area contributed by atoms with Gasteiger partial charge in [-0.25, -0.2) is 19.4 Å². The van der Waals surface area contributed by atoms with Crippen molar-refractivity contribution in [2.45, 2.75) is 0 Å². The Bertz CT molecular complexity index is 1180. The summed E-state index contributed by atoms with van der Waals surface area (Å²) >= 11 is 0. The van der Waals surface area contributed by atoms with E-state index in [1.54, 1.807) is 36.7 Å². The van der Waals surface area contributed by atoms with Crippen LogP contribution in [0.1, 0.15) is 10.4 Å². The summed E-state index contributed by atoms with van der Waals surface area (Å²) in [6, 6.07) is 9.87. The number of hydrogen-bond acceptors (Lipinski definition) is 7. The minimum Gasteiger partial charge on any atom is -0.493 e. The van der Waals surface area contributed by atoms with Crippen LogP contribution in [0.5, 0.6) is 5.75 Å². The standard InChI is InChI=1S/C18H13N5O4/c1-26-13-5-2-4-11-8-12(18(25)27-16(11)13)17(24)22-14-9-15(20-10-19-14)23-7-3-6-21-23/h2-10H,1H3,(H,19,20,22,24). The molecule has 0 radical (unpaired) electrons. The zero-order valence-electron chi connectivity index (χ0n) is 14.1. The normalized spacial score (nSPS) is 10.7. The van der Waals surface area contributed by atoms with Gasteiger partial charge in [-0.2, -0.15) is 5.10 Å². The van der Waals surface area contributed by atoms with Gasteiger partial charge < -0.3 is 14.5 Å². The third kappa shape index (κ3) is 3.13. The second-order valence-corrected chi connectivity index (χ2v) is 5.49. The molecule has 1 N–H and O–H groups in total. The summed E-state index contributed by atoms with van der Waals surface area (Å²) < 4.78 is 12.0. The number of fused-ring (bicyclic) bond motifs is 1. The van der Waals surface area contributed by atoms with Gasteiger partial charge in [-0.1, -0.05) is 12.1 Å². The molecule has 4 aromatic rings. The fourth-order valence-corrected chi connectivity index (χ4v) is 2.57. The first kappa shape index (κ1) is 16.5. The highest BCUT2D eigenvalue weighted by Crippen LogP contribution is 2.24. The number of carbonyl (C=O) groups excluding carboxylic acids is 1. The van der Waals surface area contributed by atoms with Crippen LogP contribution in [0.4, 0.5) is 5.82 Å². The van der Waals surface area contributed by atoms with E-state index >= 15 is 0 Å². The average molecular weight is 363 g/mol. The van der Waals surface area contributed by atoms with Gasteiger partial charge >= 0.3 is 5.63 Å². The quantitative estimate of drug-likeness (QED) is 0.552. The van der Waals surface area contributed by atoms with Crippen molar-refractivity contribution >= 4 is 22.7 Å². The largest absolute Gasteiger partial charge is 0.493 e. The Balaban J connectivity index is 1.67. The molecule has 27 heavy (non-hydrogen) atoms. The molecule has 9 heteroatoms. The van der Waals surface area contributed by atoms with Gasteiger partial charge in [0.05, 0.1) is 7.11 Å². The van der Waals surface area contributed by atoms with Gasteiger partial charge in [0, 0.05) is 23.8 Å². The fourth-order valence-electron chi connectivity index (χ4n) is 2.57. The van der Waals surface area contributed by atoms with Crippen molar-refractivity contribution in [3.63, 3.8) is 0 Å². The first-order valence-corrected chi connectivity index (χ1v) is 7.90. The zero-order valence-corrected chi connectivity index (χ0v) is 14.1.